The van der Waals surface area contributed by atoms with Crippen LogP contribution in [0.5, 0.6) is 0 Å². The van der Waals surface area contributed by atoms with Crippen LogP contribution in [-0.2, 0) is 6.42 Å². The Bertz CT molecular complexity index is 365. The van der Waals surface area contributed by atoms with Crippen molar-refractivity contribution in [3.63, 3.8) is 0 Å². The van der Waals surface area contributed by atoms with Crippen LogP contribution in [-0.4, -0.2) is 13.1 Å². The summed E-state index contributed by atoms with van der Waals surface area (Å²) >= 11 is 5.80. The number of rotatable bonds is 5. The molecule has 1 nitrogen and oxygen atoms in total. The van der Waals surface area contributed by atoms with E-state index < -0.39 is 0 Å². The molecule has 0 radical (unpaired) electrons. The van der Waals surface area contributed by atoms with Crippen LogP contribution in [0, 0.1) is 17.7 Å². The minimum Gasteiger partial charge on any atom is -0.317 e. The van der Waals surface area contributed by atoms with Gasteiger partial charge in [0.1, 0.15) is 5.82 Å². The van der Waals surface area contributed by atoms with Crippen molar-refractivity contribution < 1.29 is 4.39 Å². The minimum absolute atomic E-state index is 0.210. The molecule has 0 aliphatic rings. The van der Waals surface area contributed by atoms with Gasteiger partial charge in [-0.1, -0.05) is 31.5 Å². The maximum atomic E-state index is 13.1. The zero-order valence-electron chi connectivity index (χ0n) is 10.9. The minimum atomic E-state index is -0.349. The van der Waals surface area contributed by atoms with Crippen LogP contribution < -0.4 is 5.32 Å². The fourth-order valence-electron chi connectivity index (χ4n) is 2.14. The highest BCUT2D eigenvalue weighted by atomic mass is 35.5. The molecule has 0 aliphatic carbocycles. The summed E-state index contributed by atoms with van der Waals surface area (Å²) in [6.07, 6.45) is 0.916. The van der Waals surface area contributed by atoms with Gasteiger partial charge in [-0.3, -0.25) is 0 Å². The largest absolute Gasteiger partial charge is 0.317 e. The van der Waals surface area contributed by atoms with Crippen LogP contribution in [0.2, 0.25) is 5.02 Å². The van der Waals surface area contributed by atoms with Crippen molar-refractivity contribution in [3.8, 4) is 0 Å². The lowest BCUT2D eigenvalue weighted by atomic mass is 9.84. The topological polar surface area (TPSA) is 12.0 Å². The maximum Gasteiger partial charge on any atom is 0.141 e. The van der Waals surface area contributed by atoms with Crippen molar-refractivity contribution in [1.82, 2.24) is 5.32 Å². The van der Waals surface area contributed by atoms with Gasteiger partial charge in [-0.15, -0.1) is 0 Å². The zero-order valence-corrected chi connectivity index (χ0v) is 11.7. The number of hydrogen-bond acceptors (Lipinski definition) is 1. The summed E-state index contributed by atoms with van der Waals surface area (Å²) in [7, 11) is 1.97. The van der Waals surface area contributed by atoms with Crippen molar-refractivity contribution >= 4 is 11.6 Å². The molecule has 2 unspecified atom stereocenters. The van der Waals surface area contributed by atoms with Gasteiger partial charge in [0.15, 0.2) is 0 Å². The Balaban J connectivity index is 2.82. The molecule has 0 heterocycles. The number of nitrogens with one attached hydrogen (secondary N) is 1. The predicted molar refractivity (Wildman–Crippen MR) is 72.0 cm³/mol. The van der Waals surface area contributed by atoms with Crippen molar-refractivity contribution in [1.29, 1.82) is 0 Å². The molecule has 3 heteroatoms. The van der Waals surface area contributed by atoms with Gasteiger partial charge < -0.3 is 5.32 Å². The quantitative estimate of drug-likeness (QED) is 0.844. The standard InChI is InChI=1S/C14H21ClFN/c1-9(2)12(10(3)17-4)7-11-5-6-14(16)13(15)8-11/h5-6,8-10,12,17H,7H2,1-4H3. The fourth-order valence-corrected chi connectivity index (χ4v) is 2.35. The molecule has 1 aromatic rings. The van der Waals surface area contributed by atoms with E-state index in [2.05, 4.69) is 26.1 Å². The van der Waals surface area contributed by atoms with Crippen LogP contribution in [0.3, 0.4) is 0 Å². The number of halogens is 2. The van der Waals surface area contributed by atoms with E-state index in [0.717, 1.165) is 12.0 Å². The molecule has 1 rings (SSSR count). The first-order valence-corrected chi connectivity index (χ1v) is 6.44. The fraction of sp³-hybridized carbons (Fsp3) is 0.571. The Kier molecular flexibility index (Phi) is 5.41. The molecule has 1 aromatic carbocycles. The predicted octanol–water partition coefficient (Wildman–Crippen LogP) is 3.90. The van der Waals surface area contributed by atoms with Crippen molar-refractivity contribution in [2.24, 2.45) is 11.8 Å². The molecule has 0 amide bonds. The highest BCUT2D eigenvalue weighted by Crippen LogP contribution is 2.23. The van der Waals surface area contributed by atoms with Crippen LogP contribution >= 0.6 is 11.6 Å². The van der Waals surface area contributed by atoms with Crippen molar-refractivity contribution in [2.45, 2.75) is 33.2 Å². The van der Waals surface area contributed by atoms with Gasteiger partial charge in [-0.2, -0.15) is 0 Å². The van der Waals surface area contributed by atoms with E-state index in [-0.39, 0.29) is 10.8 Å². The summed E-state index contributed by atoms with van der Waals surface area (Å²) in [5.74, 6) is 0.737. The second kappa shape index (κ2) is 6.36. The third-order valence-electron chi connectivity index (χ3n) is 3.41. The Morgan fingerprint density at radius 1 is 1.29 bits per heavy atom. The summed E-state index contributed by atoms with van der Waals surface area (Å²) in [6.45, 7) is 6.60. The average Bonchev–Trinajstić information content (AvgIpc) is 2.29. The van der Waals surface area contributed by atoms with Gasteiger partial charge in [0, 0.05) is 6.04 Å². The highest BCUT2D eigenvalue weighted by Gasteiger charge is 2.20. The van der Waals surface area contributed by atoms with E-state index in [4.69, 9.17) is 11.6 Å². The van der Waals surface area contributed by atoms with Gasteiger partial charge in [-0.05, 0) is 49.9 Å². The molecular weight excluding hydrogens is 237 g/mol. The Morgan fingerprint density at radius 3 is 2.41 bits per heavy atom. The van der Waals surface area contributed by atoms with Gasteiger partial charge in [0.05, 0.1) is 5.02 Å². The maximum absolute atomic E-state index is 13.1. The van der Waals surface area contributed by atoms with Gasteiger partial charge in [0.25, 0.3) is 0 Å². The smallest absolute Gasteiger partial charge is 0.141 e. The molecule has 0 bridgehead atoms. The third-order valence-corrected chi connectivity index (χ3v) is 3.70. The van der Waals surface area contributed by atoms with Gasteiger partial charge in [-0.25, -0.2) is 4.39 Å². The second-order valence-electron chi connectivity index (χ2n) is 4.94. The van der Waals surface area contributed by atoms with E-state index in [0.29, 0.717) is 17.9 Å². The van der Waals surface area contributed by atoms with E-state index in [1.165, 1.54) is 6.07 Å². The Morgan fingerprint density at radius 2 is 1.94 bits per heavy atom. The SMILES string of the molecule is CNC(C)C(Cc1ccc(F)c(Cl)c1)C(C)C. The van der Waals surface area contributed by atoms with Crippen LogP contribution in [0.25, 0.3) is 0 Å². The summed E-state index contributed by atoms with van der Waals surface area (Å²) in [5.41, 5.74) is 1.09. The molecule has 0 saturated heterocycles. The number of benzene rings is 1. The van der Waals surface area contributed by atoms with E-state index in [9.17, 15) is 4.39 Å². The third kappa shape index (κ3) is 3.97. The molecule has 0 aliphatic heterocycles. The lowest BCUT2D eigenvalue weighted by molar-refractivity contribution is 0.300. The molecule has 0 aromatic heterocycles. The van der Waals surface area contributed by atoms with E-state index in [1.54, 1.807) is 6.07 Å². The molecule has 96 valence electrons. The molecule has 0 saturated carbocycles. The van der Waals surface area contributed by atoms with Crippen LogP contribution in [0.4, 0.5) is 4.39 Å². The summed E-state index contributed by atoms with van der Waals surface area (Å²) in [5, 5.41) is 3.50. The molecule has 17 heavy (non-hydrogen) atoms. The first-order valence-electron chi connectivity index (χ1n) is 6.07. The van der Waals surface area contributed by atoms with Crippen LogP contribution in [0.1, 0.15) is 26.3 Å². The average molecular weight is 258 g/mol. The summed E-state index contributed by atoms with van der Waals surface area (Å²) < 4.78 is 13.1. The van der Waals surface area contributed by atoms with Crippen LogP contribution in [0.15, 0.2) is 18.2 Å². The zero-order chi connectivity index (χ0) is 13.0. The summed E-state index contributed by atoms with van der Waals surface area (Å²) in [6, 6.07) is 5.42. The van der Waals surface area contributed by atoms with Crippen molar-refractivity contribution in [2.75, 3.05) is 7.05 Å². The lowest BCUT2D eigenvalue weighted by Gasteiger charge is -2.27. The summed E-state index contributed by atoms with van der Waals surface area (Å²) in [4.78, 5) is 0. The monoisotopic (exact) mass is 257 g/mol. The molecular formula is C14H21ClFN. The number of hydrogen-bond donors (Lipinski definition) is 1. The van der Waals surface area contributed by atoms with Gasteiger partial charge >= 0.3 is 0 Å². The highest BCUT2D eigenvalue weighted by molar-refractivity contribution is 6.30. The normalized spacial score (nSPS) is 15.0. The first kappa shape index (κ1) is 14.5. The Labute approximate surface area is 108 Å². The van der Waals surface area contributed by atoms with Crippen molar-refractivity contribution in [3.05, 3.63) is 34.6 Å². The molecule has 2 atom stereocenters. The van der Waals surface area contributed by atoms with E-state index >= 15 is 0 Å². The molecule has 1 N–H and O–H groups in total. The molecule has 0 spiro atoms. The Hall–Kier alpha value is -0.600. The lowest BCUT2D eigenvalue weighted by Crippen LogP contribution is -2.35. The molecule has 0 fully saturated rings. The van der Waals surface area contributed by atoms with Gasteiger partial charge in [0.2, 0.25) is 0 Å². The first-order chi connectivity index (χ1) is 7.95. The van der Waals surface area contributed by atoms with E-state index in [1.807, 2.05) is 13.1 Å². The second-order valence-corrected chi connectivity index (χ2v) is 5.35.